The van der Waals surface area contributed by atoms with Crippen molar-refractivity contribution in [2.45, 2.75) is 80.9 Å². The Morgan fingerprint density at radius 2 is 0.745 bits per heavy atom. The lowest BCUT2D eigenvalue weighted by Gasteiger charge is -2.49. The van der Waals surface area contributed by atoms with Crippen molar-refractivity contribution in [3.8, 4) is 0 Å². The molecule has 8 atom stereocenters. The minimum atomic E-state index is -0.389. The van der Waals surface area contributed by atoms with Crippen LogP contribution in [0.2, 0.25) is 0 Å². The van der Waals surface area contributed by atoms with E-state index in [4.69, 9.17) is 61.6 Å². The third-order valence-corrected chi connectivity index (χ3v) is 10.5. The molecular weight excluding hydrogens is 616 g/mol. The zero-order valence-electron chi connectivity index (χ0n) is 27.7. The van der Waals surface area contributed by atoms with Crippen LogP contribution in [0.5, 0.6) is 0 Å². The summed E-state index contributed by atoms with van der Waals surface area (Å²) >= 11 is 0. The summed E-state index contributed by atoms with van der Waals surface area (Å²) in [5, 5.41) is 0. The molecule has 268 valence electrons. The molecule has 7 heterocycles. The fourth-order valence-electron chi connectivity index (χ4n) is 7.55. The van der Waals surface area contributed by atoms with Crippen LogP contribution in [0.25, 0.3) is 0 Å². The van der Waals surface area contributed by atoms with Crippen molar-refractivity contribution in [2.24, 2.45) is 16.2 Å². The van der Waals surface area contributed by atoms with E-state index in [-0.39, 0.29) is 59.0 Å². The van der Waals surface area contributed by atoms with E-state index >= 15 is 0 Å². The summed E-state index contributed by atoms with van der Waals surface area (Å²) in [6.45, 7) is 11.2. The molecular formula is C34H54O13. The Kier molecular flexibility index (Phi) is 10.7. The van der Waals surface area contributed by atoms with Gasteiger partial charge >= 0.3 is 0 Å². The predicted molar refractivity (Wildman–Crippen MR) is 162 cm³/mol. The van der Waals surface area contributed by atoms with Crippen LogP contribution < -0.4 is 0 Å². The molecule has 0 spiro atoms. The molecule has 8 unspecified atom stereocenters. The maximum absolute atomic E-state index is 6.42. The first-order chi connectivity index (χ1) is 23.1. The van der Waals surface area contributed by atoms with Gasteiger partial charge in [0.25, 0.3) is 0 Å². The summed E-state index contributed by atoms with van der Waals surface area (Å²) in [6.07, 6.45) is 6.46. The number of fused-ring (bicyclic) bond motifs is 1. The number of rotatable bonds is 28. The van der Waals surface area contributed by atoms with E-state index in [0.29, 0.717) is 85.4 Å². The van der Waals surface area contributed by atoms with Crippen molar-refractivity contribution >= 4 is 0 Å². The van der Waals surface area contributed by atoms with E-state index in [1.807, 2.05) is 0 Å². The van der Waals surface area contributed by atoms with Gasteiger partial charge in [-0.25, -0.2) is 0 Å². The van der Waals surface area contributed by atoms with E-state index in [1.165, 1.54) is 0 Å². The molecule has 13 nitrogen and oxygen atoms in total. The minimum absolute atomic E-state index is 0.103. The number of hydrogen-bond acceptors (Lipinski definition) is 13. The Bertz CT molecular complexity index is 835. The lowest BCUT2D eigenvalue weighted by atomic mass is 9.59. The van der Waals surface area contributed by atoms with Crippen LogP contribution in [0.1, 0.15) is 32.1 Å². The first-order valence-electron chi connectivity index (χ1n) is 17.9. The molecule has 13 heteroatoms. The van der Waals surface area contributed by atoms with Gasteiger partial charge in [0.1, 0.15) is 36.6 Å². The van der Waals surface area contributed by atoms with Crippen molar-refractivity contribution in [3.05, 3.63) is 0 Å². The molecule has 0 N–H and O–H groups in total. The van der Waals surface area contributed by atoms with Crippen molar-refractivity contribution in [1.82, 2.24) is 0 Å². The second-order valence-electron chi connectivity index (χ2n) is 15.6. The molecule has 0 radical (unpaired) electrons. The fourth-order valence-corrected chi connectivity index (χ4v) is 7.55. The molecule has 8 fully saturated rings. The van der Waals surface area contributed by atoms with Gasteiger partial charge in [0, 0.05) is 10.8 Å². The van der Waals surface area contributed by atoms with Gasteiger partial charge in [0.05, 0.1) is 131 Å². The highest BCUT2D eigenvalue weighted by Crippen LogP contribution is 2.56. The van der Waals surface area contributed by atoms with Crippen LogP contribution in [0.3, 0.4) is 0 Å². The maximum Gasteiger partial charge on any atom is 0.104 e. The van der Waals surface area contributed by atoms with Crippen molar-refractivity contribution in [1.29, 1.82) is 0 Å². The number of epoxide rings is 7. The molecule has 0 aromatic carbocycles. The molecule has 1 saturated carbocycles. The minimum Gasteiger partial charge on any atom is -0.378 e. The maximum atomic E-state index is 6.42. The summed E-state index contributed by atoms with van der Waals surface area (Å²) < 4.78 is 77.7. The van der Waals surface area contributed by atoms with Gasteiger partial charge in [-0.1, -0.05) is 0 Å². The molecule has 8 rings (SSSR count). The molecule has 7 saturated heterocycles. The van der Waals surface area contributed by atoms with Crippen LogP contribution in [0.4, 0.5) is 0 Å². The number of ether oxygens (including phenoxy) is 13. The molecule has 47 heavy (non-hydrogen) atoms. The zero-order valence-corrected chi connectivity index (χ0v) is 27.7. The molecule has 0 bridgehead atoms. The van der Waals surface area contributed by atoms with Crippen LogP contribution >= 0.6 is 0 Å². The van der Waals surface area contributed by atoms with Crippen LogP contribution in [-0.4, -0.2) is 168 Å². The lowest BCUT2D eigenvalue weighted by molar-refractivity contribution is -0.128. The quantitative estimate of drug-likeness (QED) is 0.110. The van der Waals surface area contributed by atoms with Crippen molar-refractivity contribution in [3.63, 3.8) is 0 Å². The summed E-state index contributed by atoms with van der Waals surface area (Å²) in [6, 6.07) is 0. The van der Waals surface area contributed by atoms with E-state index in [9.17, 15) is 0 Å². The topological polar surface area (TPSA) is 143 Å². The summed E-state index contributed by atoms with van der Waals surface area (Å²) in [7, 11) is 0. The zero-order chi connectivity index (χ0) is 31.6. The lowest BCUT2D eigenvalue weighted by Crippen LogP contribution is -2.49. The monoisotopic (exact) mass is 670 g/mol. The van der Waals surface area contributed by atoms with Gasteiger partial charge in [-0.15, -0.1) is 0 Å². The van der Waals surface area contributed by atoms with Gasteiger partial charge in [0.2, 0.25) is 0 Å². The molecule has 0 aromatic heterocycles. The fraction of sp³-hybridized carbons (Fsp3) is 1.00. The largest absolute Gasteiger partial charge is 0.378 e. The first-order valence-corrected chi connectivity index (χ1v) is 17.9. The molecule has 8 aliphatic rings. The molecule has 0 amide bonds. The summed E-state index contributed by atoms with van der Waals surface area (Å²) in [4.78, 5) is 0. The second kappa shape index (κ2) is 15.0. The molecule has 7 aliphatic heterocycles. The average Bonchev–Trinajstić information content (AvgIpc) is 3.84. The third kappa shape index (κ3) is 11.0. The highest BCUT2D eigenvalue weighted by molar-refractivity contribution is 5.05. The van der Waals surface area contributed by atoms with Gasteiger partial charge < -0.3 is 61.6 Å². The van der Waals surface area contributed by atoms with Gasteiger partial charge in [-0.05, 0) is 37.5 Å². The third-order valence-electron chi connectivity index (χ3n) is 10.5. The smallest absolute Gasteiger partial charge is 0.104 e. The summed E-state index contributed by atoms with van der Waals surface area (Å²) in [5.41, 5.74) is -0.880. The Hall–Kier alpha value is -0.520. The van der Waals surface area contributed by atoms with E-state index in [1.54, 1.807) is 0 Å². The van der Waals surface area contributed by atoms with E-state index in [0.717, 1.165) is 71.7 Å². The van der Waals surface area contributed by atoms with Crippen LogP contribution in [-0.2, 0) is 61.6 Å². The Morgan fingerprint density at radius 1 is 0.447 bits per heavy atom. The van der Waals surface area contributed by atoms with Gasteiger partial charge in [0.15, 0.2) is 0 Å². The molecule has 1 aliphatic carbocycles. The normalized spacial score (nSPS) is 39.8. The second-order valence-corrected chi connectivity index (χ2v) is 15.6. The standard InChI is InChI=1S/C34H54O13/c1-2-32(3-31-30(1)47-31,16-33(18-35-4-24-10-41-24,19-36-5-25-11-42-25)20-37-6-26-12-43-26)17-34(21-38-7-27-13-44-27,22-39-8-28-14-45-28)23-40-9-29-15-46-29/h24-31H,1-23H2. The Labute approximate surface area is 277 Å². The Morgan fingerprint density at radius 3 is 1.00 bits per heavy atom. The predicted octanol–water partition coefficient (Wildman–Crippen LogP) is 1.17. The Balaban J connectivity index is 1.04. The van der Waals surface area contributed by atoms with E-state index in [2.05, 4.69) is 0 Å². The van der Waals surface area contributed by atoms with Gasteiger partial charge in [-0.3, -0.25) is 0 Å². The SMILES string of the molecule is C(OCC(COCC1CO1)(COCC1CO1)CC1(CC(COCC2CO2)(COCC2CO2)COCC2CO2)CCC2OC2C1)C1CO1. The van der Waals surface area contributed by atoms with E-state index < -0.39 is 0 Å². The van der Waals surface area contributed by atoms with Crippen LogP contribution in [0.15, 0.2) is 0 Å². The van der Waals surface area contributed by atoms with Crippen LogP contribution in [0, 0.1) is 16.2 Å². The van der Waals surface area contributed by atoms with Gasteiger partial charge in [-0.2, -0.15) is 0 Å². The van der Waals surface area contributed by atoms with Crippen molar-refractivity contribution in [2.75, 3.05) is 119 Å². The first kappa shape index (κ1) is 33.6. The molecule has 0 aromatic rings. The summed E-state index contributed by atoms with van der Waals surface area (Å²) in [5.74, 6) is 0. The highest BCUT2D eigenvalue weighted by atomic mass is 16.6. The average molecular weight is 671 g/mol. The number of hydrogen-bond donors (Lipinski definition) is 0. The van der Waals surface area contributed by atoms with Crippen molar-refractivity contribution < 1.29 is 61.6 Å². The highest BCUT2D eigenvalue weighted by Gasteiger charge is 2.56.